The third kappa shape index (κ3) is 3.24. The van der Waals surface area contributed by atoms with Gasteiger partial charge in [0.2, 0.25) is 11.8 Å². The topological polar surface area (TPSA) is 49.4 Å². The van der Waals surface area contributed by atoms with Crippen molar-refractivity contribution in [1.29, 1.82) is 0 Å². The fraction of sp³-hybridized carbons (Fsp3) is 0.882. The molecule has 3 aliphatic rings. The standard InChI is InChI=1S/C17H28N2O2/c1-2-6-14-17(21)19(11-12-9-10-12)15(16(20)18-14)13-7-4-3-5-8-13/h12-15H,2-11H2,1H3,(H,18,20). The monoisotopic (exact) mass is 292 g/mol. The molecule has 2 atom stereocenters. The SMILES string of the molecule is CCCC1NC(=O)C(C2CCCCC2)N(CC2CC2)C1=O. The van der Waals surface area contributed by atoms with Crippen molar-refractivity contribution in [3.05, 3.63) is 0 Å². The Bertz CT molecular complexity index is 400. The predicted octanol–water partition coefficient (Wildman–Crippen LogP) is 2.47. The summed E-state index contributed by atoms with van der Waals surface area (Å²) < 4.78 is 0. The van der Waals surface area contributed by atoms with Gasteiger partial charge in [0, 0.05) is 6.54 Å². The Morgan fingerprint density at radius 2 is 1.81 bits per heavy atom. The smallest absolute Gasteiger partial charge is 0.245 e. The average molecular weight is 292 g/mol. The highest BCUT2D eigenvalue weighted by atomic mass is 16.2. The molecule has 0 radical (unpaired) electrons. The summed E-state index contributed by atoms with van der Waals surface area (Å²) >= 11 is 0. The van der Waals surface area contributed by atoms with Crippen LogP contribution in [0.25, 0.3) is 0 Å². The molecule has 3 rings (SSSR count). The molecule has 0 aromatic heterocycles. The molecular weight excluding hydrogens is 264 g/mol. The zero-order valence-electron chi connectivity index (χ0n) is 13.1. The molecule has 1 aliphatic heterocycles. The molecule has 2 aliphatic carbocycles. The Hall–Kier alpha value is -1.06. The molecule has 1 heterocycles. The Morgan fingerprint density at radius 1 is 1.10 bits per heavy atom. The van der Waals surface area contributed by atoms with Gasteiger partial charge in [0.1, 0.15) is 12.1 Å². The van der Waals surface area contributed by atoms with Gasteiger partial charge in [0.25, 0.3) is 0 Å². The number of amides is 2. The van der Waals surface area contributed by atoms with Crippen LogP contribution >= 0.6 is 0 Å². The van der Waals surface area contributed by atoms with Gasteiger partial charge >= 0.3 is 0 Å². The van der Waals surface area contributed by atoms with E-state index in [1.807, 2.05) is 4.90 Å². The van der Waals surface area contributed by atoms with Gasteiger partial charge < -0.3 is 10.2 Å². The number of hydrogen-bond donors (Lipinski definition) is 1. The van der Waals surface area contributed by atoms with Crippen molar-refractivity contribution in [3.8, 4) is 0 Å². The van der Waals surface area contributed by atoms with Crippen molar-refractivity contribution in [3.63, 3.8) is 0 Å². The first-order valence-corrected chi connectivity index (χ1v) is 8.81. The first-order chi connectivity index (χ1) is 10.2. The highest BCUT2D eigenvalue weighted by Crippen LogP contribution is 2.35. The number of rotatable bonds is 5. The van der Waals surface area contributed by atoms with Crippen LogP contribution in [0.2, 0.25) is 0 Å². The first-order valence-electron chi connectivity index (χ1n) is 8.81. The van der Waals surface area contributed by atoms with Crippen LogP contribution in [0.1, 0.15) is 64.7 Å². The molecule has 2 unspecified atom stereocenters. The van der Waals surface area contributed by atoms with Crippen molar-refractivity contribution in [2.75, 3.05) is 6.54 Å². The minimum Gasteiger partial charge on any atom is -0.342 e. The molecule has 3 fully saturated rings. The van der Waals surface area contributed by atoms with E-state index in [1.165, 1.54) is 32.1 Å². The number of carbonyl (C=O) groups is 2. The van der Waals surface area contributed by atoms with Crippen molar-refractivity contribution in [2.24, 2.45) is 11.8 Å². The maximum Gasteiger partial charge on any atom is 0.245 e. The molecule has 2 saturated carbocycles. The van der Waals surface area contributed by atoms with Gasteiger partial charge in [-0.3, -0.25) is 9.59 Å². The molecule has 4 nitrogen and oxygen atoms in total. The third-order valence-electron chi connectivity index (χ3n) is 5.33. The maximum atomic E-state index is 12.8. The molecule has 1 saturated heterocycles. The summed E-state index contributed by atoms with van der Waals surface area (Å²) in [7, 11) is 0. The van der Waals surface area contributed by atoms with Crippen LogP contribution in [-0.4, -0.2) is 35.3 Å². The van der Waals surface area contributed by atoms with Gasteiger partial charge in [-0.15, -0.1) is 0 Å². The predicted molar refractivity (Wildman–Crippen MR) is 81.6 cm³/mol. The highest BCUT2D eigenvalue weighted by molar-refractivity contribution is 5.97. The number of nitrogens with one attached hydrogen (secondary N) is 1. The molecule has 0 aromatic rings. The lowest BCUT2D eigenvalue weighted by molar-refractivity contribution is -0.152. The quantitative estimate of drug-likeness (QED) is 0.846. The van der Waals surface area contributed by atoms with E-state index in [2.05, 4.69) is 12.2 Å². The molecule has 1 N–H and O–H groups in total. The second-order valence-electron chi connectivity index (χ2n) is 7.13. The van der Waals surface area contributed by atoms with Gasteiger partial charge in [-0.1, -0.05) is 32.6 Å². The molecule has 0 bridgehead atoms. The Kier molecular flexibility index (Phi) is 4.51. The minimum absolute atomic E-state index is 0.112. The van der Waals surface area contributed by atoms with Crippen LogP contribution < -0.4 is 5.32 Å². The summed E-state index contributed by atoms with van der Waals surface area (Å²) in [5.41, 5.74) is 0. The van der Waals surface area contributed by atoms with Crippen LogP contribution in [0.5, 0.6) is 0 Å². The summed E-state index contributed by atoms with van der Waals surface area (Å²) in [6.07, 6.45) is 10.0. The van der Waals surface area contributed by atoms with E-state index in [4.69, 9.17) is 0 Å². The number of nitrogens with zero attached hydrogens (tertiary/aromatic N) is 1. The lowest BCUT2D eigenvalue weighted by Crippen LogP contribution is -2.65. The van der Waals surface area contributed by atoms with Crippen LogP contribution in [0.3, 0.4) is 0 Å². The molecule has 0 spiro atoms. The Morgan fingerprint density at radius 3 is 2.43 bits per heavy atom. The normalized spacial score (nSPS) is 31.4. The molecule has 0 aromatic carbocycles. The van der Waals surface area contributed by atoms with Crippen LogP contribution in [0.4, 0.5) is 0 Å². The van der Waals surface area contributed by atoms with E-state index >= 15 is 0 Å². The number of carbonyl (C=O) groups excluding carboxylic acids is 2. The number of piperazine rings is 1. The van der Waals surface area contributed by atoms with Crippen LogP contribution in [-0.2, 0) is 9.59 Å². The Labute approximate surface area is 127 Å². The van der Waals surface area contributed by atoms with Crippen molar-refractivity contribution < 1.29 is 9.59 Å². The zero-order chi connectivity index (χ0) is 14.8. The molecule has 2 amide bonds. The first kappa shape index (κ1) is 14.9. The van der Waals surface area contributed by atoms with Crippen LogP contribution in [0, 0.1) is 11.8 Å². The van der Waals surface area contributed by atoms with Gasteiger partial charge in [-0.2, -0.15) is 0 Å². The molecular formula is C17H28N2O2. The van der Waals surface area contributed by atoms with Crippen molar-refractivity contribution in [1.82, 2.24) is 10.2 Å². The zero-order valence-corrected chi connectivity index (χ0v) is 13.1. The second-order valence-corrected chi connectivity index (χ2v) is 7.13. The number of hydrogen-bond acceptors (Lipinski definition) is 2. The van der Waals surface area contributed by atoms with Crippen molar-refractivity contribution >= 4 is 11.8 Å². The van der Waals surface area contributed by atoms with E-state index in [9.17, 15) is 9.59 Å². The van der Waals surface area contributed by atoms with E-state index in [0.29, 0.717) is 11.8 Å². The average Bonchev–Trinajstić information content (AvgIpc) is 3.29. The second kappa shape index (κ2) is 6.37. The van der Waals surface area contributed by atoms with Gasteiger partial charge in [-0.05, 0) is 43.9 Å². The van der Waals surface area contributed by atoms with E-state index in [-0.39, 0.29) is 23.9 Å². The van der Waals surface area contributed by atoms with Gasteiger partial charge in [-0.25, -0.2) is 0 Å². The summed E-state index contributed by atoms with van der Waals surface area (Å²) in [6.45, 7) is 2.88. The summed E-state index contributed by atoms with van der Waals surface area (Å²) in [5, 5.41) is 3.01. The molecule has 21 heavy (non-hydrogen) atoms. The molecule has 118 valence electrons. The summed E-state index contributed by atoms with van der Waals surface area (Å²) in [6, 6.07) is -0.465. The Balaban J connectivity index is 1.77. The minimum atomic E-state index is -0.277. The lowest BCUT2D eigenvalue weighted by atomic mass is 9.81. The van der Waals surface area contributed by atoms with E-state index < -0.39 is 0 Å². The van der Waals surface area contributed by atoms with Gasteiger partial charge in [0.15, 0.2) is 0 Å². The van der Waals surface area contributed by atoms with E-state index in [0.717, 1.165) is 32.2 Å². The molecule has 4 heteroatoms. The van der Waals surface area contributed by atoms with Crippen LogP contribution in [0.15, 0.2) is 0 Å². The summed E-state index contributed by atoms with van der Waals surface area (Å²) in [5.74, 6) is 1.32. The fourth-order valence-electron chi connectivity index (χ4n) is 3.98. The maximum absolute atomic E-state index is 12.8. The van der Waals surface area contributed by atoms with E-state index in [1.54, 1.807) is 0 Å². The largest absolute Gasteiger partial charge is 0.342 e. The third-order valence-corrected chi connectivity index (χ3v) is 5.33. The fourth-order valence-corrected chi connectivity index (χ4v) is 3.98. The lowest BCUT2D eigenvalue weighted by Gasteiger charge is -2.43. The summed E-state index contributed by atoms with van der Waals surface area (Å²) in [4.78, 5) is 27.4. The van der Waals surface area contributed by atoms with Crippen molar-refractivity contribution in [2.45, 2.75) is 76.8 Å². The highest BCUT2D eigenvalue weighted by Gasteiger charge is 2.45. The van der Waals surface area contributed by atoms with Gasteiger partial charge in [0.05, 0.1) is 0 Å².